The number of hydrogen-bond donors (Lipinski definition) is 0. The third kappa shape index (κ3) is 7.45. The minimum atomic E-state index is -0.293. The molecule has 3 rings (SSSR count). The molecule has 0 fully saturated rings. The highest BCUT2D eigenvalue weighted by atomic mass is 19.1. The molecule has 3 aromatic rings. The largest absolute Gasteiger partial charge is 0.497 e. The van der Waals surface area contributed by atoms with Gasteiger partial charge < -0.3 is 14.2 Å². The number of carbonyl (C=O) groups is 1. The van der Waals surface area contributed by atoms with Gasteiger partial charge in [0.1, 0.15) is 23.9 Å². The summed E-state index contributed by atoms with van der Waals surface area (Å²) >= 11 is 0. The summed E-state index contributed by atoms with van der Waals surface area (Å²) in [4.78, 5) is 12.0. The molecule has 1 atom stereocenters. The van der Waals surface area contributed by atoms with Crippen molar-refractivity contribution in [2.24, 2.45) is 0 Å². The number of halogens is 1. The van der Waals surface area contributed by atoms with Crippen LogP contribution in [0.5, 0.6) is 11.5 Å². The Bertz CT molecular complexity index is 1220. The van der Waals surface area contributed by atoms with Crippen molar-refractivity contribution in [1.29, 1.82) is 0 Å². The topological polar surface area (TPSA) is 44.8 Å². The summed E-state index contributed by atoms with van der Waals surface area (Å²) in [5, 5.41) is 0. The fourth-order valence-electron chi connectivity index (χ4n) is 4.30. The van der Waals surface area contributed by atoms with Crippen molar-refractivity contribution < 1.29 is 23.4 Å². The molecule has 196 valence electrons. The van der Waals surface area contributed by atoms with Gasteiger partial charge in [0, 0.05) is 11.5 Å². The standard InChI is InChI=1S/C32H37FO4/c1-7-9-24(19-31(34)36-8-2)23-11-13-25(14-12-23)37-21-22-10-16-29(32(3,4)5)27(18-22)28-20-26(35-6)15-17-30(28)33/h7,9-18,20,24H,8,19,21H2,1-6H3/b9-7+/t24-/m1/s1. The maximum Gasteiger partial charge on any atom is 0.306 e. The minimum Gasteiger partial charge on any atom is -0.497 e. The minimum absolute atomic E-state index is 0.0524. The smallest absolute Gasteiger partial charge is 0.306 e. The van der Waals surface area contributed by atoms with Crippen molar-refractivity contribution in [2.75, 3.05) is 13.7 Å². The van der Waals surface area contributed by atoms with Gasteiger partial charge in [0.15, 0.2) is 0 Å². The summed E-state index contributed by atoms with van der Waals surface area (Å²) in [7, 11) is 1.58. The van der Waals surface area contributed by atoms with Crippen molar-refractivity contribution in [2.45, 2.75) is 59.0 Å². The zero-order chi connectivity index (χ0) is 27.0. The van der Waals surface area contributed by atoms with Gasteiger partial charge in [-0.05, 0) is 77.9 Å². The van der Waals surface area contributed by atoms with Gasteiger partial charge in [0.25, 0.3) is 0 Å². The summed E-state index contributed by atoms with van der Waals surface area (Å²) in [6.45, 7) is 10.8. The van der Waals surface area contributed by atoms with E-state index in [4.69, 9.17) is 14.2 Å². The second-order valence-corrected chi connectivity index (χ2v) is 9.97. The lowest BCUT2D eigenvalue weighted by Crippen LogP contribution is -2.13. The molecule has 0 aromatic heterocycles. The molecule has 0 bridgehead atoms. The van der Waals surface area contributed by atoms with Crippen molar-refractivity contribution in [3.63, 3.8) is 0 Å². The molecule has 0 amide bonds. The van der Waals surface area contributed by atoms with Crippen LogP contribution in [0.1, 0.15) is 63.6 Å². The lowest BCUT2D eigenvalue weighted by molar-refractivity contribution is -0.143. The van der Waals surface area contributed by atoms with Crippen LogP contribution in [0.15, 0.2) is 72.8 Å². The highest BCUT2D eigenvalue weighted by Gasteiger charge is 2.21. The average molecular weight is 505 g/mol. The lowest BCUT2D eigenvalue weighted by atomic mass is 9.81. The van der Waals surface area contributed by atoms with Gasteiger partial charge in [-0.1, -0.05) is 57.2 Å². The molecule has 4 nitrogen and oxygen atoms in total. The SMILES string of the molecule is C/C=C/[C@H](CC(=O)OCC)c1ccc(OCc2ccc(C(C)(C)C)c(-c3cc(OC)ccc3F)c2)cc1. The van der Waals surface area contributed by atoms with Gasteiger partial charge in [-0.15, -0.1) is 0 Å². The van der Waals surface area contributed by atoms with Crippen molar-refractivity contribution in [3.05, 3.63) is 95.3 Å². The fourth-order valence-corrected chi connectivity index (χ4v) is 4.30. The lowest BCUT2D eigenvalue weighted by Gasteiger charge is -2.24. The van der Waals surface area contributed by atoms with Gasteiger partial charge >= 0.3 is 5.97 Å². The van der Waals surface area contributed by atoms with Gasteiger partial charge in [0.2, 0.25) is 0 Å². The molecular formula is C32H37FO4. The van der Waals surface area contributed by atoms with Crippen molar-refractivity contribution >= 4 is 5.97 Å². The van der Waals surface area contributed by atoms with E-state index in [2.05, 4.69) is 20.8 Å². The van der Waals surface area contributed by atoms with Crippen LogP contribution in [0.3, 0.4) is 0 Å². The summed E-state index contributed by atoms with van der Waals surface area (Å²) in [6.07, 6.45) is 4.24. The van der Waals surface area contributed by atoms with Crippen LogP contribution < -0.4 is 9.47 Å². The molecule has 0 aliphatic rings. The first-order chi connectivity index (χ1) is 17.7. The Morgan fingerprint density at radius 2 is 1.68 bits per heavy atom. The molecule has 0 saturated heterocycles. The maximum atomic E-state index is 14.9. The summed E-state index contributed by atoms with van der Waals surface area (Å²) < 4.78 is 31.4. The predicted molar refractivity (Wildman–Crippen MR) is 147 cm³/mol. The average Bonchev–Trinajstić information content (AvgIpc) is 2.87. The Labute approximate surface area is 220 Å². The van der Waals surface area contributed by atoms with E-state index in [1.54, 1.807) is 19.2 Å². The zero-order valence-electron chi connectivity index (χ0n) is 22.6. The first-order valence-corrected chi connectivity index (χ1v) is 12.6. The number of allylic oxidation sites excluding steroid dienone is 2. The highest BCUT2D eigenvalue weighted by molar-refractivity contribution is 5.72. The van der Waals surface area contributed by atoms with Gasteiger partial charge in [-0.2, -0.15) is 0 Å². The number of benzene rings is 3. The van der Waals surface area contributed by atoms with Crippen molar-refractivity contribution in [3.8, 4) is 22.6 Å². The second kappa shape index (κ2) is 12.6. The number of ether oxygens (including phenoxy) is 3. The van der Waals surface area contributed by atoms with Crippen LogP contribution in [0.2, 0.25) is 0 Å². The van der Waals surface area contributed by atoms with E-state index in [1.807, 2.05) is 68.5 Å². The molecule has 0 N–H and O–H groups in total. The van der Waals surface area contributed by atoms with Crippen molar-refractivity contribution in [1.82, 2.24) is 0 Å². The molecule has 3 aromatic carbocycles. The van der Waals surface area contributed by atoms with E-state index in [9.17, 15) is 9.18 Å². The molecule has 0 heterocycles. The normalized spacial score (nSPS) is 12.4. The molecular weight excluding hydrogens is 467 g/mol. The summed E-state index contributed by atoms with van der Waals surface area (Å²) in [5.74, 6) is 0.764. The number of hydrogen-bond acceptors (Lipinski definition) is 4. The van der Waals surface area contributed by atoms with E-state index in [1.165, 1.54) is 6.07 Å². The summed E-state index contributed by atoms with van der Waals surface area (Å²) in [6, 6.07) is 18.6. The van der Waals surface area contributed by atoms with Crippen LogP contribution in [0, 0.1) is 5.82 Å². The first-order valence-electron chi connectivity index (χ1n) is 12.6. The monoisotopic (exact) mass is 504 g/mol. The second-order valence-electron chi connectivity index (χ2n) is 9.97. The van der Waals surface area contributed by atoms with E-state index >= 15 is 0 Å². The zero-order valence-corrected chi connectivity index (χ0v) is 22.6. The third-order valence-corrected chi connectivity index (χ3v) is 6.19. The van der Waals surface area contributed by atoms with Crippen LogP contribution in [-0.4, -0.2) is 19.7 Å². The third-order valence-electron chi connectivity index (χ3n) is 6.19. The molecule has 0 saturated carbocycles. The predicted octanol–water partition coefficient (Wildman–Crippen LogP) is 7.99. The fraction of sp³-hybridized carbons (Fsp3) is 0.344. The van der Waals surface area contributed by atoms with E-state index < -0.39 is 0 Å². The molecule has 5 heteroatoms. The Balaban J connectivity index is 1.82. The Morgan fingerprint density at radius 3 is 2.30 bits per heavy atom. The number of esters is 1. The molecule has 0 unspecified atom stereocenters. The molecule has 0 aliphatic carbocycles. The molecule has 0 radical (unpaired) electrons. The van der Waals surface area contributed by atoms with Crippen LogP contribution >= 0.6 is 0 Å². The van der Waals surface area contributed by atoms with Crippen LogP contribution in [0.25, 0.3) is 11.1 Å². The Kier molecular flexibility index (Phi) is 9.51. The quantitative estimate of drug-likeness (QED) is 0.207. The highest BCUT2D eigenvalue weighted by Crippen LogP contribution is 2.37. The maximum absolute atomic E-state index is 14.9. The first kappa shape index (κ1) is 28.0. The van der Waals surface area contributed by atoms with Gasteiger partial charge in [0.05, 0.1) is 20.1 Å². The number of rotatable bonds is 10. The van der Waals surface area contributed by atoms with Crippen LogP contribution in [-0.2, 0) is 21.6 Å². The Hall–Kier alpha value is -3.60. The number of carbonyl (C=O) groups excluding carboxylic acids is 1. The summed E-state index contributed by atoms with van der Waals surface area (Å²) in [5.41, 5.74) is 4.16. The Morgan fingerprint density at radius 1 is 0.973 bits per heavy atom. The molecule has 0 aliphatic heterocycles. The molecule has 0 spiro atoms. The van der Waals surface area contributed by atoms with Gasteiger partial charge in [-0.25, -0.2) is 4.39 Å². The van der Waals surface area contributed by atoms with E-state index in [0.29, 0.717) is 36.7 Å². The van der Waals surface area contributed by atoms with E-state index in [-0.39, 0.29) is 23.1 Å². The van der Waals surface area contributed by atoms with E-state index in [0.717, 1.165) is 22.3 Å². The molecule has 37 heavy (non-hydrogen) atoms. The van der Waals surface area contributed by atoms with Crippen LogP contribution in [0.4, 0.5) is 4.39 Å². The number of methoxy groups -OCH3 is 1. The van der Waals surface area contributed by atoms with Gasteiger partial charge in [-0.3, -0.25) is 4.79 Å².